The molecule has 0 radical (unpaired) electrons. The summed E-state index contributed by atoms with van der Waals surface area (Å²) in [4.78, 5) is 25.0. The summed E-state index contributed by atoms with van der Waals surface area (Å²) in [5, 5.41) is 0. The van der Waals surface area contributed by atoms with Crippen molar-refractivity contribution in [1.82, 2.24) is 4.90 Å². The fourth-order valence-corrected chi connectivity index (χ4v) is 2.36. The summed E-state index contributed by atoms with van der Waals surface area (Å²) in [5.74, 6) is -0.778. The molecule has 1 aromatic rings. The number of hydrogen-bond acceptors (Lipinski definition) is 3. The van der Waals surface area contributed by atoms with Gasteiger partial charge in [0.15, 0.2) is 0 Å². The summed E-state index contributed by atoms with van der Waals surface area (Å²) in [7, 11) is 1.33. The van der Waals surface area contributed by atoms with Crippen molar-refractivity contribution in [1.29, 1.82) is 0 Å². The number of amides is 1. The van der Waals surface area contributed by atoms with Crippen LogP contribution in [-0.2, 0) is 27.3 Å². The van der Waals surface area contributed by atoms with Crippen LogP contribution in [0.5, 0.6) is 0 Å². The molecule has 2 rings (SSSR count). The second-order valence-electron chi connectivity index (χ2n) is 4.17. The van der Waals surface area contributed by atoms with Gasteiger partial charge in [0.05, 0.1) is 7.11 Å². The zero-order valence-electron chi connectivity index (χ0n) is 10.1. The molecule has 1 atom stereocenters. The third kappa shape index (κ3) is 2.34. The molecule has 18 heavy (non-hydrogen) atoms. The molecule has 0 unspecified atom stereocenters. The highest BCUT2D eigenvalue weighted by Crippen LogP contribution is 2.24. The predicted molar refractivity (Wildman–Crippen MR) is 67.2 cm³/mol. The monoisotopic (exact) mass is 267 g/mol. The Kier molecular flexibility index (Phi) is 3.87. The average Bonchev–Trinajstić information content (AvgIpc) is 2.44. The molecule has 96 valence electrons. The molecule has 0 N–H and O–H groups in total. The van der Waals surface area contributed by atoms with Crippen LogP contribution in [-0.4, -0.2) is 35.8 Å². The summed E-state index contributed by atoms with van der Waals surface area (Å²) in [5.41, 5.74) is 2.13. The van der Waals surface area contributed by atoms with Crippen molar-refractivity contribution in [2.45, 2.75) is 19.0 Å². The van der Waals surface area contributed by atoms with Gasteiger partial charge in [-0.3, -0.25) is 4.79 Å². The maximum absolute atomic E-state index is 11.8. The Morgan fingerprint density at radius 1 is 1.39 bits per heavy atom. The Morgan fingerprint density at radius 3 is 2.67 bits per heavy atom. The standard InChI is InChI=1S/C13H14ClNO3/c1-18-13(17)11-6-9-4-2-3-5-10(9)8-15(11)12(16)7-14/h2-5,11H,6-8H2,1H3/t11-/m1/s1. The van der Waals surface area contributed by atoms with Gasteiger partial charge in [-0.25, -0.2) is 4.79 Å². The van der Waals surface area contributed by atoms with Gasteiger partial charge in [0.2, 0.25) is 5.91 Å². The number of methoxy groups -OCH3 is 1. The number of fused-ring (bicyclic) bond motifs is 1. The number of hydrogen-bond donors (Lipinski definition) is 0. The molecular formula is C13H14ClNO3. The molecule has 1 aliphatic heterocycles. The lowest BCUT2D eigenvalue weighted by atomic mass is 9.94. The first-order valence-corrected chi connectivity index (χ1v) is 6.21. The third-order valence-electron chi connectivity index (χ3n) is 3.16. The summed E-state index contributed by atoms with van der Waals surface area (Å²) in [6, 6.07) is 7.19. The van der Waals surface area contributed by atoms with Gasteiger partial charge < -0.3 is 9.64 Å². The second-order valence-corrected chi connectivity index (χ2v) is 4.43. The molecule has 1 amide bonds. The van der Waals surface area contributed by atoms with Crippen LogP contribution >= 0.6 is 11.6 Å². The lowest BCUT2D eigenvalue weighted by Gasteiger charge is -2.34. The number of esters is 1. The number of rotatable bonds is 2. The number of halogens is 1. The Morgan fingerprint density at radius 2 is 2.06 bits per heavy atom. The van der Waals surface area contributed by atoms with Gasteiger partial charge in [-0.15, -0.1) is 11.6 Å². The van der Waals surface area contributed by atoms with Gasteiger partial charge in [0.1, 0.15) is 11.9 Å². The van der Waals surface area contributed by atoms with Gasteiger partial charge in [-0.2, -0.15) is 0 Å². The molecule has 0 fully saturated rings. The van der Waals surface area contributed by atoms with E-state index in [9.17, 15) is 9.59 Å². The molecule has 0 spiro atoms. The van der Waals surface area contributed by atoms with E-state index in [0.29, 0.717) is 13.0 Å². The third-order valence-corrected chi connectivity index (χ3v) is 3.39. The maximum atomic E-state index is 11.8. The Balaban J connectivity index is 2.33. The van der Waals surface area contributed by atoms with Crippen LogP contribution in [0.15, 0.2) is 24.3 Å². The van der Waals surface area contributed by atoms with Crippen LogP contribution in [0.2, 0.25) is 0 Å². The number of carbonyl (C=O) groups is 2. The number of ether oxygens (including phenoxy) is 1. The Hall–Kier alpha value is -1.55. The summed E-state index contributed by atoms with van der Waals surface area (Å²) < 4.78 is 4.75. The lowest BCUT2D eigenvalue weighted by Crippen LogP contribution is -2.49. The molecule has 0 bridgehead atoms. The molecule has 0 aliphatic carbocycles. The first-order chi connectivity index (χ1) is 8.67. The Bertz CT molecular complexity index is 432. The van der Waals surface area contributed by atoms with Crippen molar-refractivity contribution in [2.24, 2.45) is 0 Å². The van der Waals surface area contributed by atoms with E-state index in [1.165, 1.54) is 12.0 Å². The maximum Gasteiger partial charge on any atom is 0.328 e. The minimum Gasteiger partial charge on any atom is -0.467 e. The molecule has 0 saturated heterocycles. The molecule has 1 heterocycles. The summed E-state index contributed by atoms with van der Waals surface area (Å²) >= 11 is 5.58. The van der Waals surface area contributed by atoms with Crippen LogP contribution < -0.4 is 0 Å². The Labute approximate surface area is 110 Å². The molecular weight excluding hydrogens is 254 g/mol. The van der Waals surface area contributed by atoms with Crippen LogP contribution in [0.4, 0.5) is 0 Å². The highest BCUT2D eigenvalue weighted by molar-refractivity contribution is 6.27. The first kappa shape index (κ1) is 12.9. The number of alkyl halides is 1. The van der Waals surface area contributed by atoms with Gasteiger partial charge in [0, 0.05) is 13.0 Å². The molecule has 1 aromatic carbocycles. The van der Waals surface area contributed by atoms with Crippen LogP contribution in [0.1, 0.15) is 11.1 Å². The minimum absolute atomic E-state index is 0.129. The van der Waals surface area contributed by atoms with Crippen molar-refractivity contribution < 1.29 is 14.3 Å². The van der Waals surface area contributed by atoms with Gasteiger partial charge in [-0.1, -0.05) is 24.3 Å². The number of nitrogens with zero attached hydrogens (tertiary/aromatic N) is 1. The van der Waals surface area contributed by atoms with Crippen LogP contribution in [0, 0.1) is 0 Å². The van der Waals surface area contributed by atoms with Crippen LogP contribution in [0.3, 0.4) is 0 Å². The predicted octanol–water partition coefficient (Wildman–Crippen LogP) is 1.35. The van der Waals surface area contributed by atoms with Crippen molar-refractivity contribution >= 4 is 23.5 Å². The molecule has 5 heteroatoms. The first-order valence-electron chi connectivity index (χ1n) is 5.67. The van der Waals surface area contributed by atoms with E-state index in [1.54, 1.807) is 0 Å². The largest absolute Gasteiger partial charge is 0.467 e. The highest BCUT2D eigenvalue weighted by Gasteiger charge is 2.34. The highest BCUT2D eigenvalue weighted by atomic mass is 35.5. The van der Waals surface area contributed by atoms with Crippen LogP contribution in [0.25, 0.3) is 0 Å². The molecule has 0 aromatic heterocycles. The van der Waals surface area contributed by atoms with E-state index in [0.717, 1.165) is 11.1 Å². The minimum atomic E-state index is -0.573. The van der Waals surface area contributed by atoms with Crippen molar-refractivity contribution in [3.8, 4) is 0 Å². The number of carbonyl (C=O) groups excluding carboxylic acids is 2. The van der Waals surface area contributed by atoms with Gasteiger partial charge in [-0.05, 0) is 11.1 Å². The van der Waals surface area contributed by atoms with Crippen molar-refractivity contribution in [3.05, 3.63) is 35.4 Å². The molecule has 0 saturated carbocycles. The average molecular weight is 268 g/mol. The van der Waals surface area contributed by atoms with E-state index >= 15 is 0 Å². The van der Waals surface area contributed by atoms with E-state index < -0.39 is 12.0 Å². The molecule has 4 nitrogen and oxygen atoms in total. The van der Waals surface area contributed by atoms with Gasteiger partial charge >= 0.3 is 5.97 Å². The van der Waals surface area contributed by atoms with E-state index in [1.807, 2.05) is 24.3 Å². The van der Waals surface area contributed by atoms with Gasteiger partial charge in [0.25, 0.3) is 0 Å². The number of benzene rings is 1. The fourth-order valence-electron chi connectivity index (χ4n) is 2.21. The topological polar surface area (TPSA) is 46.6 Å². The van der Waals surface area contributed by atoms with Crippen molar-refractivity contribution in [2.75, 3.05) is 13.0 Å². The lowest BCUT2D eigenvalue weighted by molar-refractivity contribution is -0.153. The zero-order valence-corrected chi connectivity index (χ0v) is 10.8. The SMILES string of the molecule is COC(=O)[C@H]1Cc2ccccc2CN1C(=O)CCl. The zero-order chi connectivity index (χ0) is 13.1. The van der Waals surface area contributed by atoms with Crippen molar-refractivity contribution in [3.63, 3.8) is 0 Å². The summed E-state index contributed by atoms with van der Waals surface area (Å²) in [6.45, 7) is 0.404. The normalized spacial score (nSPS) is 18.1. The second kappa shape index (κ2) is 5.40. The van der Waals surface area contributed by atoms with E-state index in [2.05, 4.69) is 0 Å². The summed E-state index contributed by atoms with van der Waals surface area (Å²) in [6.07, 6.45) is 0.478. The van der Waals surface area contributed by atoms with E-state index in [-0.39, 0.29) is 11.8 Å². The smallest absolute Gasteiger partial charge is 0.328 e. The molecule has 1 aliphatic rings. The fraction of sp³-hybridized carbons (Fsp3) is 0.385. The quantitative estimate of drug-likeness (QED) is 0.600. The van der Waals surface area contributed by atoms with E-state index in [4.69, 9.17) is 16.3 Å².